The standard InChI is InChI=1S/C17H21N3O3S2/c1-13-3-5-15(6-4-13)25(22,23)20-9-7-14(8-10-20)16(21)18-17-19(2)11-12-24-17/h3-6,11-12,14H,7-10H2,1-2H3. The number of aromatic nitrogens is 1. The molecule has 0 atom stereocenters. The molecule has 0 radical (unpaired) electrons. The molecule has 0 bridgehead atoms. The number of hydrogen-bond donors (Lipinski definition) is 0. The van der Waals surface area contributed by atoms with Crippen LogP contribution in [0.1, 0.15) is 18.4 Å². The number of rotatable bonds is 3. The van der Waals surface area contributed by atoms with E-state index in [9.17, 15) is 13.2 Å². The highest BCUT2D eigenvalue weighted by molar-refractivity contribution is 7.89. The van der Waals surface area contributed by atoms with Gasteiger partial charge in [0.05, 0.1) is 4.90 Å². The molecule has 0 N–H and O–H groups in total. The molecule has 1 aliphatic rings. The number of hydrogen-bond acceptors (Lipinski definition) is 4. The Hall–Kier alpha value is -1.77. The lowest BCUT2D eigenvalue weighted by atomic mass is 9.98. The molecular weight excluding hydrogens is 358 g/mol. The summed E-state index contributed by atoms with van der Waals surface area (Å²) in [5.74, 6) is -0.378. The van der Waals surface area contributed by atoms with E-state index in [0.717, 1.165) is 5.56 Å². The van der Waals surface area contributed by atoms with Crippen LogP contribution in [0.5, 0.6) is 0 Å². The van der Waals surface area contributed by atoms with Crippen molar-refractivity contribution < 1.29 is 13.2 Å². The molecule has 0 saturated carbocycles. The van der Waals surface area contributed by atoms with Crippen LogP contribution in [0.25, 0.3) is 0 Å². The summed E-state index contributed by atoms with van der Waals surface area (Å²) < 4.78 is 28.7. The Labute approximate surface area is 151 Å². The van der Waals surface area contributed by atoms with Crippen LogP contribution < -0.4 is 4.80 Å². The molecule has 0 aliphatic carbocycles. The molecule has 1 aliphatic heterocycles. The number of thiazole rings is 1. The van der Waals surface area contributed by atoms with Gasteiger partial charge in [-0.25, -0.2) is 8.42 Å². The van der Waals surface area contributed by atoms with E-state index < -0.39 is 10.0 Å². The third kappa shape index (κ3) is 3.91. The minimum absolute atomic E-state index is 0.162. The lowest BCUT2D eigenvalue weighted by Gasteiger charge is -2.29. The summed E-state index contributed by atoms with van der Waals surface area (Å²) in [6.07, 6.45) is 2.86. The summed E-state index contributed by atoms with van der Waals surface area (Å²) >= 11 is 1.41. The monoisotopic (exact) mass is 379 g/mol. The average Bonchev–Trinajstić information content (AvgIpc) is 3.00. The Morgan fingerprint density at radius 3 is 2.40 bits per heavy atom. The summed E-state index contributed by atoms with van der Waals surface area (Å²) in [5.41, 5.74) is 1.02. The quantitative estimate of drug-likeness (QED) is 0.818. The fourth-order valence-electron chi connectivity index (χ4n) is 2.82. The second kappa shape index (κ2) is 7.23. The zero-order chi connectivity index (χ0) is 18.0. The highest BCUT2D eigenvalue weighted by atomic mass is 32.2. The molecule has 6 nitrogen and oxygen atoms in total. The Morgan fingerprint density at radius 2 is 1.84 bits per heavy atom. The van der Waals surface area contributed by atoms with Crippen LogP contribution in [0, 0.1) is 12.8 Å². The largest absolute Gasteiger partial charge is 0.327 e. The first-order chi connectivity index (χ1) is 11.9. The van der Waals surface area contributed by atoms with E-state index in [1.165, 1.54) is 15.6 Å². The van der Waals surface area contributed by atoms with Crippen molar-refractivity contribution in [3.05, 3.63) is 46.2 Å². The maximum atomic E-state index is 12.7. The number of aryl methyl sites for hydroxylation is 2. The van der Waals surface area contributed by atoms with Gasteiger partial charge >= 0.3 is 0 Å². The predicted molar refractivity (Wildman–Crippen MR) is 96.5 cm³/mol. The van der Waals surface area contributed by atoms with E-state index in [-0.39, 0.29) is 11.8 Å². The van der Waals surface area contributed by atoms with Gasteiger partial charge < -0.3 is 4.57 Å². The third-order valence-corrected chi connectivity index (χ3v) is 7.19. The number of sulfonamides is 1. The van der Waals surface area contributed by atoms with Gasteiger partial charge in [0.15, 0.2) is 4.80 Å². The van der Waals surface area contributed by atoms with Crippen molar-refractivity contribution in [1.82, 2.24) is 8.87 Å². The predicted octanol–water partition coefficient (Wildman–Crippen LogP) is 1.92. The zero-order valence-corrected chi connectivity index (χ0v) is 15.9. The Morgan fingerprint density at radius 1 is 1.20 bits per heavy atom. The molecule has 0 unspecified atom stereocenters. The van der Waals surface area contributed by atoms with Crippen molar-refractivity contribution in [2.75, 3.05) is 13.1 Å². The molecule has 1 aromatic carbocycles. The summed E-state index contributed by atoms with van der Waals surface area (Å²) in [7, 11) is -1.65. The van der Waals surface area contributed by atoms with Gasteiger partial charge in [0.2, 0.25) is 10.0 Å². The van der Waals surface area contributed by atoms with Crippen LogP contribution in [-0.2, 0) is 21.9 Å². The van der Waals surface area contributed by atoms with Crippen LogP contribution in [-0.4, -0.2) is 36.3 Å². The summed E-state index contributed by atoms with van der Waals surface area (Å²) in [6, 6.07) is 6.86. The fourth-order valence-corrected chi connectivity index (χ4v) is 5.03. The summed E-state index contributed by atoms with van der Waals surface area (Å²) in [6.45, 7) is 2.61. The molecule has 1 fully saturated rings. The SMILES string of the molecule is Cc1ccc(S(=O)(=O)N2CCC(C(=O)N=c3sccn3C)CC2)cc1. The van der Waals surface area contributed by atoms with Gasteiger partial charge in [-0.05, 0) is 31.9 Å². The van der Waals surface area contributed by atoms with E-state index in [1.54, 1.807) is 28.8 Å². The molecule has 25 heavy (non-hydrogen) atoms. The molecule has 1 saturated heterocycles. The minimum Gasteiger partial charge on any atom is -0.327 e. The normalized spacial score (nSPS) is 17.8. The summed E-state index contributed by atoms with van der Waals surface area (Å²) in [5, 5.41) is 1.88. The van der Waals surface area contributed by atoms with E-state index in [0.29, 0.717) is 35.6 Å². The number of benzene rings is 1. The molecule has 8 heteroatoms. The first kappa shape index (κ1) is 18.0. The van der Waals surface area contributed by atoms with Crippen LogP contribution >= 0.6 is 11.3 Å². The first-order valence-electron chi connectivity index (χ1n) is 8.13. The maximum absolute atomic E-state index is 12.7. The number of carbonyl (C=O) groups excluding carboxylic acids is 1. The molecule has 1 aromatic heterocycles. The lowest BCUT2D eigenvalue weighted by molar-refractivity contribution is -0.122. The van der Waals surface area contributed by atoms with Crippen LogP contribution in [0.4, 0.5) is 0 Å². The van der Waals surface area contributed by atoms with Crippen LogP contribution in [0.15, 0.2) is 45.7 Å². The second-order valence-electron chi connectivity index (χ2n) is 6.24. The first-order valence-corrected chi connectivity index (χ1v) is 10.5. The molecule has 3 rings (SSSR count). The van der Waals surface area contributed by atoms with E-state index in [2.05, 4.69) is 4.99 Å². The molecular formula is C17H21N3O3S2. The van der Waals surface area contributed by atoms with E-state index in [4.69, 9.17) is 0 Å². The van der Waals surface area contributed by atoms with Gasteiger partial charge in [-0.1, -0.05) is 17.7 Å². The Bertz CT molecular complexity index is 919. The van der Waals surface area contributed by atoms with Crippen LogP contribution in [0.3, 0.4) is 0 Å². The molecule has 2 heterocycles. The van der Waals surface area contributed by atoms with E-state index >= 15 is 0 Å². The van der Waals surface area contributed by atoms with Crippen molar-refractivity contribution in [1.29, 1.82) is 0 Å². The molecule has 1 amide bonds. The Kier molecular flexibility index (Phi) is 5.21. The van der Waals surface area contributed by atoms with Crippen molar-refractivity contribution in [3.8, 4) is 0 Å². The summed E-state index contributed by atoms with van der Waals surface area (Å²) in [4.78, 5) is 17.5. The van der Waals surface area contributed by atoms with Crippen molar-refractivity contribution in [2.45, 2.75) is 24.7 Å². The van der Waals surface area contributed by atoms with Gasteiger partial charge in [-0.15, -0.1) is 11.3 Å². The fraction of sp³-hybridized carbons (Fsp3) is 0.412. The number of piperidine rings is 1. The van der Waals surface area contributed by atoms with Crippen molar-refractivity contribution in [2.24, 2.45) is 18.0 Å². The third-order valence-electron chi connectivity index (χ3n) is 4.43. The number of carbonyl (C=O) groups is 1. The number of nitrogens with zero attached hydrogens (tertiary/aromatic N) is 3. The van der Waals surface area contributed by atoms with Gasteiger partial charge in [-0.3, -0.25) is 4.79 Å². The smallest absolute Gasteiger partial charge is 0.251 e. The zero-order valence-electron chi connectivity index (χ0n) is 14.3. The Balaban J connectivity index is 1.68. The highest BCUT2D eigenvalue weighted by Crippen LogP contribution is 2.24. The van der Waals surface area contributed by atoms with Gasteiger partial charge in [-0.2, -0.15) is 9.30 Å². The van der Waals surface area contributed by atoms with E-state index in [1.807, 2.05) is 25.5 Å². The minimum atomic E-state index is -3.50. The molecule has 0 spiro atoms. The maximum Gasteiger partial charge on any atom is 0.251 e. The molecule has 134 valence electrons. The highest BCUT2D eigenvalue weighted by Gasteiger charge is 2.32. The van der Waals surface area contributed by atoms with Gasteiger partial charge in [0.25, 0.3) is 5.91 Å². The second-order valence-corrected chi connectivity index (χ2v) is 9.05. The average molecular weight is 380 g/mol. The topological polar surface area (TPSA) is 71.7 Å². The molecule has 2 aromatic rings. The number of amides is 1. The van der Waals surface area contributed by atoms with Gasteiger partial charge in [0, 0.05) is 37.6 Å². The lowest BCUT2D eigenvalue weighted by Crippen LogP contribution is -2.40. The van der Waals surface area contributed by atoms with Gasteiger partial charge in [0.1, 0.15) is 0 Å². The van der Waals surface area contributed by atoms with Crippen molar-refractivity contribution >= 4 is 27.3 Å². The van der Waals surface area contributed by atoms with Crippen molar-refractivity contribution in [3.63, 3.8) is 0 Å². The van der Waals surface area contributed by atoms with Crippen LogP contribution in [0.2, 0.25) is 0 Å².